The lowest BCUT2D eigenvalue weighted by atomic mass is 9.97. The number of rotatable bonds is 2. The fraction of sp³-hybridized carbons (Fsp3) is 0.150. The molecule has 1 amide bonds. The first-order valence-corrected chi connectivity index (χ1v) is 8.31. The highest BCUT2D eigenvalue weighted by Gasteiger charge is 2.21. The molecule has 0 bridgehead atoms. The Morgan fingerprint density at radius 1 is 0.960 bits per heavy atom. The number of anilines is 1. The summed E-state index contributed by atoms with van der Waals surface area (Å²) < 4.78 is 11.8. The van der Waals surface area contributed by atoms with E-state index in [1.54, 1.807) is 0 Å². The fourth-order valence-corrected chi connectivity index (χ4v) is 3.39. The third kappa shape index (κ3) is 2.59. The van der Waals surface area contributed by atoms with Gasteiger partial charge in [0, 0.05) is 22.7 Å². The predicted octanol–water partition coefficient (Wildman–Crippen LogP) is 6.07. The summed E-state index contributed by atoms with van der Waals surface area (Å²) in [4.78, 5) is 11.8. The van der Waals surface area contributed by atoms with Gasteiger partial charge in [-0.2, -0.15) is 0 Å². The van der Waals surface area contributed by atoms with Gasteiger partial charge in [0.1, 0.15) is 22.9 Å². The lowest BCUT2D eigenvalue weighted by Crippen LogP contribution is -2.06. The highest BCUT2D eigenvalue weighted by molar-refractivity contribution is 6.32. The van der Waals surface area contributed by atoms with E-state index in [2.05, 4.69) is 5.32 Å². The largest absolute Gasteiger partial charge is 0.461 e. The number of fused-ring (bicyclic) bond motifs is 2. The van der Waals surface area contributed by atoms with Gasteiger partial charge in [-0.25, -0.2) is 0 Å². The Bertz CT molecular complexity index is 1140. The van der Waals surface area contributed by atoms with Gasteiger partial charge in [-0.1, -0.05) is 17.7 Å². The van der Waals surface area contributed by atoms with Crippen molar-refractivity contribution in [3.05, 3.63) is 52.9 Å². The van der Waals surface area contributed by atoms with E-state index in [-0.39, 0.29) is 5.91 Å². The first-order valence-electron chi connectivity index (χ1n) is 7.94. The van der Waals surface area contributed by atoms with Crippen LogP contribution in [0.5, 0.6) is 0 Å². The predicted molar refractivity (Wildman–Crippen MR) is 100 cm³/mol. The first-order chi connectivity index (χ1) is 11.9. The van der Waals surface area contributed by atoms with E-state index < -0.39 is 0 Å². The molecule has 4 aromatic rings. The van der Waals surface area contributed by atoms with Crippen molar-refractivity contribution in [3.63, 3.8) is 0 Å². The standard InChI is InChI=1S/C20H16ClNO3/c1-10-4-7-17(24-10)18-14-6-5-13(21)9-15(14)19(22-12(3)23)16-8-11(2)25-20(16)18/h4-9H,1-3H3,(H,22,23). The second kappa shape index (κ2) is 5.67. The zero-order chi connectivity index (χ0) is 17.7. The Kier molecular flexibility index (Phi) is 3.58. The lowest BCUT2D eigenvalue weighted by molar-refractivity contribution is -0.114. The Morgan fingerprint density at radius 3 is 2.44 bits per heavy atom. The highest BCUT2D eigenvalue weighted by atomic mass is 35.5. The van der Waals surface area contributed by atoms with Gasteiger partial charge in [0.15, 0.2) is 0 Å². The molecule has 5 heteroatoms. The van der Waals surface area contributed by atoms with Crippen LogP contribution in [0.15, 0.2) is 45.2 Å². The number of hydrogen-bond donors (Lipinski definition) is 1. The van der Waals surface area contributed by atoms with E-state index in [1.165, 1.54) is 6.92 Å². The maximum atomic E-state index is 11.8. The summed E-state index contributed by atoms with van der Waals surface area (Å²) in [5, 5.41) is 6.10. The number of hydrogen-bond acceptors (Lipinski definition) is 3. The average molecular weight is 354 g/mol. The first kappa shape index (κ1) is 15.8. The summed E-state index contributed by atoms with van der Waals surface area (Å²) in [6, 6.07) is 11.4. The third-order valence-corrected chi connectivity index (χ3v) is 4.39. The van der Waals surface area contributed by atoms with Crippen molar-refractivity contribution >= 4 is 44.9 Å². The Labute approximate surface area is 149 Å². The van der Waals surface area contributed by atoms with Gasteiger partial charge < -0.3 is 14.2 Å². The Morgan fingerprint density at radius 2 is 1.76 bits per heavy atom. The summed E-state index contributed by atoms with van der Waals surface area (Å²) in [5.74, 6) is 2.15. The van der Waals surface area contributed by atoms with Crippen LogP contribution in [0.1, 0.15) is 18.4 Å². The normalized spacial score (nSPS) is 11.4. The second-order valence-electron chi connectivity index (χ2n) is 6.13. The van der Waals surface area contributed by atoms with Crippen LogP contribution in [-0.4, -0.2) is 5.91 Å². The number of carbonyl (C=O) groups is 1. The molecule has 4 rings (SSSR count). The van der Waals surface area contributed by atoms with Crippen molar-refractivity contribution < 1.29 is 13.6 Å². The summed E-state index contributed by atoms with van der Waals surface area (Å²) in [5.41, 5.74) is 2.24. The number of aryl methyl sites for hydroxylation is 2. The molecule has 0 aliphatic heterocycles. The summed E-state index contributed by atoms with van der Waals surface area (Å²) >= 11 is 6.23. The third-order valence-electron chi connectivity index (χ3n) is 4.16. The minimum absolute atomic E-state index is 0.150. The van der Waals surface area contributed by atoms with Crippen LogP contribution in [0.3, 0.4) is 0 Å². The molecule has 0 saturated heterocycles. The van der Waals surface area contributed by atoms with Gasteiger partial charge in [0.25, 0.3) is 0 Å². The number of carbonyl (C=O) groups excluding carboxylic acids is 1. The maximum Gasteiger partial charge on any atom is 0.221 e. The van der Waals surface area contributed by atoms with Crippen molar-refractivity contribution in [2.45, 2.75) is 20.8 Å². The van der Waals surface area contributed by atoms with Crippen molar-refractivity contribution in [1.29, 1.82) is 0 Å². The van der Waals surface area contributed by atoms with Crippen LogP contribution in [-0.2, 0) is 4.79 Å². The Hall–Kier alpha value is -2.72. The molecule has 0 spiro atoms. The summed E-state index contributed by atoms with van der Waals surface area (Å²) in [6.07, 6.45) is 0. The van der Waals surface area contributed by atoms with Gasteiger partial charge in [0.2, 0.25) is 5.91 Å². The molecule has 2 heterocycles. The topological polar surface area (TPSA) is 55.4 Å². The van der Waals surface area contributed by atoms with Crippen LogP contribution in [0.4, 0.5) is 5.69 Å². The molecular formula is C20H16ClNO3. The molecule has 25 heavy (non-hydrogen) atoms. The van der Waals surface area contributed by atoms with Crippen LogP contribution in [0.2, 0.25) is 5.02 Å². The smallest absolute Gasteiger partial charge is 0.221 e. The zero-order valence-corrected chi connectivity index (χ0v) is 14.8. The molecule has 0 atom stereocenters. The minimum atomic E-state index is -0.150. The van der Waals surface area contributed by atoms with Crippen molar-refractivity contribution in [3.8, 4) is 11.3 Å². The number of furan rings is 2. The molecule has 0 saturated carbocycles. The van der Waals surface area contributed by atoms with E-state index in [1.807, 2.05) is 50.2 Å². The van der Waals surface area contributed by atoms with Gasteiger partial charge in [-0.05, 0) is 49.6 Å². The van der Waals surface area contributed by atoms with Crippen LogP contribution >= 0.6 is 11.6 Å². The van der Waals surface area contributed by atoms with Gasteiger partial charge in [-0.3, -0.25) is 4.79 Å². The van der Waals surface area contributed by atoms with Crippen molar-refractivity contribution in [2.75, 3.05) is 5.32 Å². The maximum absolute atomic E-state index is 11.8. The molecule has 2 aromatic carbocycles. The molecular weight excluding hydrogens is 338 g/mol. The monoisotopic (exact) mass is 353 g/mol. The number of nitrogens with one attached hydrogen (secondary N) is 1. The average Bonchev–Trinajstić information content (AvgIpc) is 3.13. The summed E-state index contributed by atoms with van der Waals surface area (Å²) in [7, 11) is 0. The molecule has 0 aliphatic rings. The molecule has 2 aromatic heterocycles. The van der Waals surface area contributed by atoms with Crippen molar-refractivity contribution in [2.24, 2.45) is 0 Å². The van der Waals surface area contributed by atoms with E-state index >= 15 is 0 Å². The zero-order valence-electron chi connectivity index (χ0n) is 14.1. The summed E-state index contributed by atoms with van der Waals surface area (Å²) in [6.45, 7) is 5.27. The molecule has 126 valence electrons. The van der Waals surface area contributed by atoms with Gasteiger partial charge in [-0.15, -0.1) is 0 Å². The van der Waals surface area contributed by atoms with Crippen LogP contribution < -0.4 is 5.32 Å². The minimum Gasteiger partial charge on any atom is -0.461 e. The number of benzene rings is 2. The highest BCUT2D eigenvalue weighted by Crippen LogP contribution is 2.44. The van der Waals surface area contributed by atoms with Gasteiger partial charge in [0.05, 0.1) is 11.3 Å². The van der Waals surface area contributed by atoms with E-state index in [0.717, 1.165) is 39.0 Å². The van der Waals surface area contributed by atoms with E-state index in [4.69, 9.17) is 20.4 Å². The molecule has 4 nitrogen and oxygen atoms in total. The fourth-order valence-electron chi connectivity index (χ4n) is 3.22. The Balaban J connectivity index is 2.22. The molecule has 0 fully saturated rings. The quantitative estimate of drug-likeness (QED) is 0.475. The molecule has 0 unspecified atom stereocenters. The number of amides is 1. The number of halogens is 1. The van der Waals surface area contributed by atoms with Crippen molar-refractivity contribution in [1.82, 2.24) is 0 Å². The van der Waals surface area contributed by atoms with Crippen LogP contribution in [0, 0.1) is 13.8 Å². The molecule has 0 aliphatic carbocycles. The SMILES string of the molecule is CC(=O)Nc1c2cc(Cl)ccc2c(-c2ccc(C)o2)c2oc(C)cc12. The molecule has 0 radical (unpaired) electrons. The van der Waals surface area contributed by atoms with Gasteiger partial charge >= 0.3 is 0 Å². The second-order valence-corrected chi connectivity index (χ2v) is 6.57. The molecule has 1 N–H and O–H groups in total. The van der Waals surface area contributed by atoms with Crippen LogP contribution in [0.25, 0.3) is 33.1 Å². The van der Waals surface area contributed by atoms with E-state index in [0.29, 0.717) is 16.3 Å². The lowest BCUT2D eigenvalue weighted by Gasteiger charge is -2.13. The van der Waals surface area contributed by atoms with E-state index in [9.17, 15) is 4.79 Å².